The molecule has 0 aliphatic carbocycles. The first-order valence-corrected chi connectivity index (χ1v) is 5.70. The van der Waals surface area contributed by atoms with Gasteiger partial charge in [0.1, 0.15) is 29.2 Å². The second kappa shape index (κ2) is 4.92. The monoisotopic (exact) mass is 243 g/mol. The fourth-order valence-electron chi connectivity index (χ4n) is 1.54. The molecule has 0 saturated carbocycles. The van der Waals surface area contributed by atoms with Gasteiger partial charge in [-0.3, -0.25) is 4.79 Å². The van der Waals surface area contributed by atoms with Crippen LogP contribution in [0.3, 0.4) is 0 Å². The van der Waals surface area contributed by atoms with Crippen molar-refractivity contribution in [3.05, 3.63) is 40.2 Å². The van der Waals surface area contributed by atoms with Crippen LogP contribution >= 0.6 is 0 Å². The molecule has 1 aromatic carbocycles. The van der Waals surface area contributed by atoms with Gasteiger partial charge in [-0.05, 0) is 24.1 Å². The number of fused-ring (bicyclic) bond motifs is 1. The molecule has 0 unspecified atom stereocenters. The molecule has 0 bridgehead atoms. The van der Waals surface area contributed by atoms with Gasteiger partial charge in [0.15, 0.2) is 0 Å². The minimum atomic E-state index is -0.325. The van der Waals surface area contributed by atoms with Crippen molar-refractivity contribution in [3.8, 4) is 11.8 Å². The Morgan fingerprint density at radius 2 is 2.22 bits per heavy atom. The van der Waals surface area contributed by atoms with Crippen molar-refractivity contribution in [3.63, 3.8) is 0 Å². The number of hydrogen-bond donors (Lipinski definition) is 0. The van der Waals surface area contributed by atoms with Crippen LogP contribution < -0.4 is 10.2 Å². The van der Waals surface area contributed by atoms with E-state index in [1.165, 1.54) is 6.26 Å². The predicted octanol–water partition coefficient (Wildman–Crippen LogP) is 2.70. The maximum absolute atomic E-state index is 11.9. The largest absolute Gasteiger partial charge is 0.493 e. The third-order valence-electron chi connectivity index (χ3n) is 2.45. The summed E-state index contributed by atoms with van der Waals surface area (Å²) in [5, 5.41) is 9.15. The molecule has 0 atom stereocenters. The van der Waals surface area contributed by atoms with Crippen LogP contribution in [0.15, 0.2) is 33.7 Å². The van der Waals surface area contributed by atoms with E-state index in [1.54, 1.807) is 18.2 Å². The Morgan fingerprint density at radius 3 is 2.89 bits per heavy atom. The molecule has 4 heteroatoms. The summed E-state index contributed by atoms with van der Waals surface area (Å²) in [5.41, 5.74) is 0.133. The molecule has 0 radical (unpaired) electrons. The second-order valence-corrected chi connectivity index (χ2v) is 4.45. The molecule has 4 nitrogen and oxygen atoms in total. The van der Waals surface area contributed by atoms with Crippen molar-refractivity contribution < 1.29 is 9.15 Å². The first-order chi connectivity index (χ1) is 8.61. The summed E-state index contributed by atoms with van der Waals surface area (Å²) in [6.45, 7) is 4.67. The van der Waals surface area contributed by atoms with Crippen molar-refractivity contribution in [2.24, 2.45) is 5.92 Å². The van der Waals surface area contributed by atoms with Crippen molar-refractivity contribution in [1.82, 2.24) is 0 Å². The molecule has 0 aliphatic heterocycles. The highest BCUT2D eigenvalue weighted by Crippen LogP contribution is 2.19. The quantitative estimate of drug-likeness (QED) is 0.831. The molecule has 0 saturated heterocycles. The van der Waals surface area contributed by atoms with Crippen LogP contribution in [0.4, 0.5) is 0 Å². The van der Waals surface area contributed by atoms with Crippen LogP contribution in [0.5, 0.6) is 5.75 Å². The van der Waals surface area contributed by atoms with E-state index in [4.69, 9.17) is 14.4 Å². The Morgan fingerprint density at radius 1 is 1.44 bits per heavy atom. The summed E-state index contributed by atoms with van der Waals surface area (Å²) in [5.74, 6) is 1.01. The molecule has 0 amide bonds. The van der Waals surface area contributed by atoms with Crippen LogP contribution in [0.2, 0.25) is 0 Å². The summed E-state index contributed by atoms with van der Waals surface area (Å²) in [6.07, 6.45) is 1.18. The molecule has 0 fully saturated rings. The Hall–Kier alpha value is -2.28. The van der Waals surface area contributed by atoms with E-state index in [2.05, 4.69) is 0 Å². The molecule has 1 heterocycles. The molecular weight excluding hydrogens is 230 g/mol. The topological polar surface area (TPSA) is 63.2 Å². The van der Waals surface area contributed by atoms with E-state index in [-0.39, 0.29) is 11.0 Å². The molecule has 2 aromatic rings. The molecule has 0 N–H and O–H groups in total. The summed E-state index contributed by atoms with van der Waals surface area (Å²) in [6, 6.07) is 6.85. The fourth-order valence-corrected chi connectivity index (χ4v) is 1.54. The van der Waals surface area contributed by atoms with Crippen molar-refractivity contribution >= 4 is 11.0 Å². The van der Waals surface area contributed by atoms with Gasteiger partial charge in [-0.15, -0.1) is 0 Å². The third-order valence-corrected chi connectivity index (χ3v) is 2.45. The van der Waals surface area contributed by atoms with Crippen molar-refractivity contribution in [2.45, 2.75) is 13.8 Å². The lowest BCUT2D eigenvalue weighted by molar-refractivity contribution is 0.271. The zero-order valence-electron chi connectivity index (χ0n) is 10.3. The van der Waals surface area contributed by atoms with Gasteiger partial charge in [0.25, 0.3) is 0 Å². The summed E-state index contributed by atoms with van der Waals surface area (Å²) >= 11 is 0. The maximum Gasteiger partial charge on any atom is 0.210 e. The highest BCUT2D eigenvalue weighted by molar-refractivity contribution is 5.79. The van der Waals surface area contributed by atoms with E-state index in [9.17, 15) is 4.79 Å². The average molecular weight is 243 g/mol. The van der Waals surface area contributed by atoms with E-state index < -0.39 is 0 Å². The first-order valence-electron chi connectivity index (χ1n) is 5.70. The molecule has 0 spiro atoms. The van der Waals surface area contributed by atoms with Gasteiger partial charge in [-0.2, -0.15) is 5.26 Å². The first kappa shape index (κ1) is 12.2. The van der Waals surface area contributed by atoms with E-state index >= 15 is 0 Å². The summed E-state index contributed by atoms with van der Waals surface area (Å²) in [4.78, 5) is 11.9. The third kappa shape index (κ3) is 2.35. The highest BCUT2D eigenvalue weighted by Gasteiger charge is 2.08. The molecule has 92 valence electrons. The van der Waals surface area contributed by atoms with Gasteiger partial charge in [-0.25, -0.2) is 0 Å². The standard InChI is InChI=1S/C14H13NO3/c1-9(2)7-17-11-3-4-13-12(5-11)14(16)10(6-15)8-18-13/h3-5,8-9H,7H2,1-2H3. The van der Waals surface area contributed by atoms with Gasteiger partial charge in [0, 0.05) is 0 Å². The fraction of sp³-hybridized carbons (Fsp3) is 0.286. The smallest absolute Gasteiger partial charge is 0.210 e. The summed E-state index contributed by atoms with van der Waals surface area (Å²) in [7, 11) is 0. The normalized spacial score (nSPS) is 10.6. The number of ether oxygens (including phenoxy) is 1. The van der Waals surface area contributed by atoms with E-state index in [1.807, 2.05) is 19.9 Å². The Labute approximate surface area is 104 Å². The predicted molar refractivity (Wildman–Crippen MR) is 67.5 cm³/mol. The SMILES string of the molecule is CC(C)COc1ccc2occ(C#N)c(=O)c2c1. The summed E-state index contributed by atoms with van der Waals surface area (Å²) < 4.78 is 10.8. The van der Waals surface area contributed by atoms with Gasteiger partial charge in [-0.1, -0.05) is 13.8 Å². The van der Waals surface area contributed by atoms with Gasteiger partial charge < -0.3 is 9.15 Å². The molecule has 0 aliphatic rings. The number of nitrogens with zero attached hydrogens (tertiary/aromatic N) is 1. The zero-order chi connectivity index (χ0) is 13.1. The molecule has 1 aromatic heterocycles. The van der Waals surface area contributed by atoms with Crippen molar-refractivity contribution in [2.75, 3.05) is 6.61 Å². The second-order valence-electron chi connectivity index (χ2n) is 4.45. The molecule has 2 rings (SSSR count). The minimum absolute atomic E-state index is 0.00325. The van der Waals surface area contributed by atoms with Crippen molar-refractivity contribution in [1.29, 1.82) is 5.26 Å². The highest BCUT2D eigenvalue weighted by atomic mass is 16.5. The van der Waals surface area contributed by atoms with Crippen LogP contribution in [-0.2, 0) is 0 Å². The number of hydrogen-bond acceptors (Lipinski definition) is 4. The Balaban J connectivity index is 2.47. The van der Waals surface area contributed by atoms with E-state index in [0.29, 0.717) is 29.2 Å². The zero-order valence-corrected chi connectivity index (χ0v) is 10.3. The number of benzene rings is 1. The Kier molecular flexibility index (Phi) is 3.33. The van der Waals surface area contributed by atoms with Gasteiger partial charge in [0.05, 0.1) is 12.0 Å². The average Bonchev–Trinajstić information content (AvgIpc) is 2.37. The van der Waals surface area contributed by atoms with E-state index in [0.717, 1.165) is 0 Å². The maximum atomic E-state index is 11.9. The molecular formula is C14H13NO3. The van der Waals surface area contributed by atoms with Crippen LogP contribution in [0.25, 0.3) is 11.0 Å². The van der Waals surface area contributed by atoms with Gasteiger partial charge in [0.2, 0.25) is 5.43 Å². The van der Waals surface area contributed by atoms with Gasteiger partial charge >= 0.3 is 0 Å². The van der Waals surface area contributed by atoms with Crippen LogP contribution in [-0.4, -0.2) is 6.61 Å². The lowest BCUT2D eigenvalue weighted by Crippen LogP contribution is -2.07. The number of nitriles is 1. The minimum Gasteiger partial charge on any atom is -0.493 e. The number of rotatable bonds is 3. The van der Waals surface area contributed by atoms with Crippen LogP contribution in [0, 0.1) is 17.2 Å². The van der Waals surface area contributed by atoms with Crippen LogP contribution in [0.1, 0.15) is 19.4 Å². The lowest BCUT2D eigenvalue weighted by Gasteiger charge is -2.08. The Bertz CT molecular complexity index is 665. The lowest BCUT2D eigenvalue weighted by atomic mass is 10.2. The molecule has 18 heavy (non-hydrogen) atoms.